The van der Waals surface area contributed by atoms with Crippen LogP contribution in [0.1, 0.15) is 16.1 Å². The van der Waals surface area contributed by atoms with Crippen molar-refractivity contribution in [3.8, 4) is 0 Å². The lowest BCUT2D eigenvalue weighted by Gasteiger charge is -2.20. The Kier molecular flexibility index (Phi) is 6.69. The summed E-state index contributed by atoms with van der Waals surface area (Å²) in [5.74, 6) is -0.271. The summed E-state index contributed by atoms with van der Waals surface area (Å²) in [5.41, 5.74) is 2.25. The van der Waals surface area contributed by atoms with Crippen molar-refractivity contribution >= 4 is 59.9 Å². The molecule has 0 aliphatic heterocycles. The van der Waals surface area contributed by atoms with E-state index in [-0.39, 0.29) is 17.3 Å². The largest absolute Gasteiger partial charge is 0.280 e. The summed E-state index contributed by atoms with van der Waals surface area (Å²) in [7, 11) is -3.80. The molecule has 3 aromatic carbocycles. The van der Waals surface area contributed by atoms with Gasteiger partial charge in [0.05, 0.1) is 27.4 Å². The number of aromatic nitrogens is 2. The zero-order valence-electron chi connectivity index (χ0n) is 18.7. The molecular weight excluding hydrogens is 516 g/mol. The van der Waals surface area contributed by atoms with Gasteiger partial charge >= 0.3 is 0 Å². The SMILES string of the molecule is O=C(c1ccc(NS(=O)(=O)c2ccc(Cl)cc2)cc1)N(Cc1ccccn1)c1nc2ccccc2s1. The Hall–Kier alpha value is -3.79. The second-order valence-electron chi connectivity index (χ2n) is 7.81. The number of benzene rings is 3. The Labute approximate surface area is 217 Å². The van der Waals surface area contributed by atoms with E-state index in [9.17, 15) is 13.2 Å². The zero-order valence-corrected chi connectivity index (χ0v) is 21.1. The summed E-state index contributed by atoms with van der Waals surface area (Å²) in [6, 6.07) is 25.4. The van der Waals surface area contributed by atoms with Crippen molar-refractivity contribution in [3.63, 3.8) is 0 Å². The minimum Gasteiger partial charge on any atom is -0.280 e. The van der Waals surface area contributed by atoms with Gasteiger partial charge in [0.2, 0.25) is 0 Å². The summed E-state index contributed by atoms with van der Waals surface area (Å²) in [6.07, 6.45) is 1.68. The van der Waals surface area contributed by atoms with Crippen LogP contribution < -0.4 is 9.62 Å². The standard InChI is InChI=1S/C26H19ClN4O3S2/c27-19-10-14-22(15-11-19)36(33,34)30-20-12-8-18(9-13-20)25(32)31(17-21-5-3-4-16-28-21)26-29-23-6-1-2-7-24(23)35-26/h1-16,30H,17H2. The molecule has 36 heavy (non-hydrogen) atoms. The van der Waals surface area contributed by atoms with Crippen LogP contribution in [0.2, 0.25) is 5.02 Å². The number of anilines is 2. The fourth-order valence-electron chi connectivity index (χ4n) is 3.52. The molecule has 2 aromatic heterocycles. The van der Waals surface area contributed by atoms with Crippen molar-refractivity contribution in [2.24, 2.45) is 0 Å². The molecule has 0 aliphatic carbocycles. The minimum atomic E-state index is -3.80. The van der Waals surface area contributed by atoms with E-state index in [0.29, 0.717) is 21.4 Å². The zero-order chi connectivity index (χ0) is 25.1. The number of thiazole rings is 1. The summed E-state index contributed by atoms with van der Waals surface area (Å²) in [5, 5.41) is 1.000. The Bertz CT molecular complexity index is 1590. The average molecular weight is 535 g/mol. The van der Waals surface area contributed by atoms with Gasteiger partial charge in [0.1, 0.15) is 0 Å². The van der Waals surface area contributed by atoms with Gasteiger partial charge in [0.15, 0.2) is 5.13 Å². The molecule has 5 rings (SSSR count). The number of amides is 1. The van der Waals surface area contributed by atoms with Gasteiger partial charge < -0.3 is 0 Å². The Morgan fingerprint density at radius 2 is 1.64 bits per heavy atom. The third kappa shape index (κ3) is 5.23. The molecule has 0 unspecified atom stereocenters. The van der Waals surface area contributed by atoms with E-state index in [1.807, 2.05) is 42.5 Å². The highest BCUT2D eigenvalue weighted by Gasteiger charge is 2.23. The molecule has 7 nitrogen and oxygen atoms in total. The van der Waals surface area contributed by atoms with Crippen LogP contribution in [0.5, 0.6) is 0 Å². The molecule has 0 spiro atoms. The van der Waals surface area contributed by atoms with E-state index in [0.717, 1.165) is 15.9 Å². The quantitative estimate of drug-likeness (QED) is 0.277. The maximum Gasteiger partial charge on any atom is 0.261 e. The third-order valence-corrected chi connectivity index (χ3v) is 8.02. The van der Waals surface area contributed by atoms with Crippen molar-refractivity contribution in [1.82, 2.24) is 9.97 Å². The summed E-state index contributed by atoms with van der Waals surface area (Å²) >= 11 is 7.28. The number of carbonyl (C=O) groups is 1. The second-order valence-corrected chi connectivity index (χ2v) is 10.9. The number of nitrogens with zero attached hydrogens (tertiary/aromatic N) is 3. The minimum absolute atomic E-state index is 0.0874. The highest BCUT2D eigenvalue weighted by molar-refractivity contribution is 7.92. The van der Waals surface area contributed by atoms with Gasteiger partial charge in [-0.05, 0) is 72.8 Å². The normalized spacial score (nSPS) is 11.4. The van der Waals surface area contributed by atoms with E-state index in [2.05, 4.69) is 14.7 Å². The van der Waals surface area contributed by atoms with Gasteiger partial charge in [-0.1, -0.05) is 41.1 Å². The lowest BCUT2D eigenvalue weighted by molar-refractivity contribution is 0.0985. The van der Waals surface area contributed by atoms with Crippen LogP contribution in [0, 0.1) is 0 Å². The average Bonchev–Trinajstić information content (AvgIpc) is 3.32. The highest BCUT2D eigenvalue weighted by Crippen LogP contribution is 2.31. The molecule has 10 heteroatoms. The number of nitrogens with one attached hydrogen (secondary N) is 1. The van der Waals surface area contributed by atoms with Crippen molar-refractivity contribution in [1.29, 1.82) is 0 Å². The first-order chi connectivity index (χ1) is 17.4. The van der Waals surface area contributed by atoms with Crippen LogP contribution in [-0.4, -0.2) is 24.3 Å². The molecule has 0 fully saturated rings. The van der Waals surface area contributed by atoms with Crippen molar-refractivity contribution < 1.29 is 13.2 Å². The molecule has 0 saturated carbocycles. The van der Waals surface area contributed by atoms with Crippen LogP contribution in [0.25, 0.3) is 10.2 Å². The molecule has 1 amide bonds. The van der Waals surface area contributed by atoms with Gasteiger partial charge in [-0.25, -0.2) is 13.4 Å². The fourth-order valence-corrected chi connectivity index (χ4v) is 5.67. The number of rotatable bonds is 7. The number of sulfonamides is 1. The van der Waals surface area contributed by atoms with E-state index in [1.165, 1.54) is 35.6 Å². The Balaban J connectivity index is 1.42. The van der Waals surface area contributed by atoms with Gasteiger partial charge in [0, 0.05) is 22.5 Å². The molecule has 0 radical (unpaired) electrons. The van der Waals surface area contributed by atoms with Crippen molar-refractivity contribution in [3.05, 3.63) is 113 Å². The predicted octanol–water partition coefficient (Wildman–Crippen LogP) is 5.99. The molecule has 5 aromatic rings. The first-order valence-electron chi connectivity index (χ1n) is 10.8. The van der Waals surface area contributed by atoms with Gasteiger partial charge in [0.25, 0.3) is 15.9 Å². The molecule has 180 valence electrons. The summed E-state index contributed by atoms with van der Waals surface area (Å²) in [4.78, 5) is 24.3. The van der Waals surface area contributed by atoms with Gasteiger partial charge in [-0.3, -0.25) is 19.4 Å². The number of carbonyl (C=O) groups excluding carboxylic acids is 1. The van der Waals surface area contributed by atoms with E-state index in [1.54, 1.807) is 35.4 Å². The van der Waals surface area contributed by atoms with Crippen LogP contribution in [0.3, 0.4) is 0 Å². The molecule has 0 atom stereocenters. The highest BCUT2D eigenvalue weighted by atomic mass is 35.5. The van der Waals surface area contributed by atoms with Crippen LogP contribution in [0.15, 0.2) is 102 Å². The second kappa shape index (κ2) is 10.1. The van der Waals surface area contributed by atoms with Crippen molar-refractivity contribution in [2.75, 3.05) is 9.62 Å². The monoisotopic (exact) mass is 534 g/mol. The van der Waals surface area contributed by atoms with E-state index in [4.69, 9.17) is 11.6 Å². The van der Waals surface area contributed by atoms with Gasteiger partial charge in [-0.2, -0.15) is 0 Å². The number of hydrogen-bond donors (Lipinski definition) is 1. The third-order valence-electron chi connectivity index (χ3n) is 5.31. The van der Waals surface area contributed by atoms with E-state index >= 15 is 0 Å². The number of fused-ring (bicyclic) bond motifs is 1. The molecule has 0 bridgehead atoms. The first kappa shape index (κ1) is 23.9. The maximum atomic E-state index is 13.6. The predicted molar refractivity (Wildman–Crippen MR) is 143 cm³/mol. The van der Waals surface area contributed by atoms with Crippen molar-refractivity contribution in [2.45, 2.75) is 11.4 Å². The number of hydrogen-bond acceptors (Lipinski definition) is 6. The molecule has 2 heterocycles. The fraction of sp³-hybridized carbons (Fsp3) is 0.0385. The van der Waals surface area contributed by atoms with E-state index < -0.39 is 10.0 Å². The number of para-hydroxylation sites is 1. The smallest absolute Gasteiger partial charge is 0.261 e. The molecular formula is C26H19ClN4O3S2. The molecule has 0 aliphatic rings. The Morgan fingerprint density at radius 1 is 0.917 bits per heavy atom. The topological polar surface area (TPSA) is 92.3 Å². The lowest BCUT2D eigenvalue weighted by Crippen LogP contribution is -2.30. The Morgan fingerprint density at radius 3 is 2.33 bits per heavy atom. The number of pyridine rings is 1. The molecule has 0 saturated heterocycles. The van der Waals surface area contributed by atoms with Crippen LogP contribution >= 0.6 is 22.9 Å². The first-order valence-corrected chi connectivity index (χ1v) is 13.5. The van der Waals surface area contributed by atoms with Crippen LogP contribution in [0.4, 0.5) is 10.8 Å². The summed E-state index contributed by atoms with van der Waals surface area (Å²) in [6.45, 7) is 0.241. The van der Waals surface area contributed by atoms with Crippen LogP contribution in [-0.2, 0) is 16.6 Å². The maximum absolute atomic E-state index is 13.6. The molecule has 1 N–H and O–H groups in total. The lowest BCUT2D eigenvalue weighted by atomic mass is 10.2. The van der Waals surface area contributed by atoms with Gasteiger partial charge in [-0.15, -0.1) is 0 Å². The summed E-state index contributed by atoms with van der Waals surface area (Å²) < 4.78 is 28.8. The number of halogens is 1.